The molecule has 1 aromatic rings. The molecule has 18 heavy (non-hydrogen) atoms. The van der Waals surface area contributed by atoms with Crippen molar-refractivity contribution in [2.75, 3.05) is 24.5 Å². The molecule has 1 rings (SSSR count). The minimum atomic E-state index is -0.0705. The lowest BCUT2D eigenvalue weighted by atomic mass is 10.2. The van der Waals surface area contributed by atoms with Crippen molar-refractivity contribution in [3.05, 3.63) is 17.8 Å². The van der Waals surface area contributed by atoms with Gasteiger partial charge in [0.05, 0.1) is 18.3 Å². The third-order valence-electron chi connectivity index (χ3n) is 2.36. The van der Waals surface area contributed by atoms with E-state index in [2.05, 4.69) is 15.5 Å². The quantitative estimate of drug-likeness (QED) is 0.710. The summed E-state index contributed by atoms with van der Waals surface area (Å²) in [5.74, 6) is 0.470. The number of carbonyl (C=O) groups is 1. The van der Waals surface area contributed by atoms with Crippen LogP contribution >= 0.6 is 12.2 Å². The molecule has 0 unspecified atom stereocenters. The highest BCUT2D eigenvalue weighted by Gasteiger charge is 2.16. The summed E-state index contributed by atoms with van der Waals surface area (Å²) < 4.78 is 0. The van der Waals surface area contributed by atoms with E-state index >= 15 is 0 Å². The molecule has 0 radical (unpaired) electrons. The number of hydrogen-bond donors (Lipinski definition) is 2. The van der Waals surface area contributed by atoms with Gasteiger partial charge in [-0.05, 0) is 19.9 Å². The van der Waals surface area contributed by atoms with E-state index in [1.165, 1.54) is 6.20 Å². The first-order chi connectivity index (χ1) is 8.60. The fraction of sp³-hybridized carbons (Fsp3) is 0.455. The Labute approximate surface area is 112 Å². The van der Waals surface area contributed by atoms with E-state index < -0.39 is 0 Å². The molecule has 7 heteroatoms. The SMILES string of the molecule is CCNC(=O)CN(CC)c1nnccc1C(N)=S. The zero-order chi connectivity index (χ0) is 13.5. The molecule has 98 valence electrons. The minimum absolute atomic E-state index is 0.0705. The molecular weight excluding hydrogens is 250 g/mol. The molecule has 0 bridgehead atoms. The summed E-state index contributed by atoms with van der Waals surface area (Å²) in [6.07, 6.45) is 1.53. The van der Waals surface area contributed by atoms with Gasteiger partial charge in [-0.2, -0.15) is 5.10 Å². The number of thiocarbonyl (C=S) groups is 1. The standard InChI is InChI=1S/C11H17N5OS/c1-3-13-9(17)7-16(4-2)11-8(10(12)18)5-6-14-15-11/h5-6H,3-4,7H2,1-2H3,(H2,12,18)(H,13,17). The van der Waals surface area contributed by atoms with Gasteiger partial charge < -0.3 is 16.0 Å². The second kappa shape index (κ2) is 6.85. The fourth-order valence-electron chi connectivity index (χ4n) is 1.51. The van der Waals surface area contributed by atoms with Crippen LogP contribution in [0.3, 0.4) is 0 Å². The lowest BCUT2D eigenvalue weighted by molar-refractivity contribution is -0.119. The molecule has 0 saturated carbocycles. The first-order valence-corrected chi connectivity index (χ1v) is 6.14. The molecule has 1 amide bonds. The van der Waals surface area contributed by atoms with Crippen molar-refractivity contribution in [2.45, 2.75) is 13.8 Å². The van der Waals surface area contributed by atoms with Crippen molar-refractivity contribution in [1.29, 1.82) is 0 Å². The Morgan fingerprint density at radius 2 is 2.28 bits per heavy atom. The number of hydrogen-bond acceptors (Lipinski definition) is 5. The van der Waals surface area contributed by atoms with Crippen molar-refractivity contribution in [3.8, 4) is 0 Å². The Hall–Kier alpha value is -1.76. The predicted molar refractivity (Wildman–Crippen MR) is 74.5 cm³/mol. The predicted octanol–water partition coefficient (Wildman–Crippen LogP) is 0.0732. The highest BCUT2D eigenvalue weighted by atomic mass is 32.1. The van der Waals surface area contributed by atoms with Crippen LogP contribution < -0.4 is 16.0 Å². The molecule has 0 aromatic carbocycles. The number of carbonyl (C=O) groups excluding carboxylic acids is 1. The Bertz CT molecular complexity index is 437. The molecule has 1 heterocycles. The lowest BCUT2D eigenvalue weighted by Crippen LogP contribution is -2.38. The van der Waals surface area contributed by atoms with Crippen LogP contribution in [0.1, 0.15) is 19.4 Å². The molecule has 0 fully saturated rings. The van der Waals surface area contributed by atoms with Gasteiger partial charge in [-0.3, -0.25) is 4.79 Å². The zero-order valence-corrected chi connectivity index (χ0v) is 11.3. The Morgan fingerprint density at radius 1 is 1.56 bits per heavy atom. The van der Waals surface area contributed by atoms with E-state index in [9.17, 15) is 4.79 Å². The third kappa shape index (κ3) is 3.63. The maximum absolute atomic E-state index is 11.6. The van der Waals surface area contributed by atoms with E-state index in [-0.39, 0.29) is 17.4 Å². The van der Waals surface area contributed by atoms with Gasteiger partial charge in [0.25, 0.3) is 0 Å². The fourth-order valence-corrected chi connectivity index (χ4v) is 1.67. The van der Waals surface area contributed by atoms with Crippen LogP contribution in [0.5, 0.6) is 0 Å². The maximum atomic E-state index is 11.6. The molecule has 1 aromatic heterocycles. The topological polar surface area (TPSA) is 84.1 Å². The summed E-state index contributed by atoms with van der Waals surface area (Å²) in [6, 6.07) is 1.70. The molecule has 6 nitrogen and oxygen atoms in total. The molecule has 0 atom stereocenters. The van der Waals surface area contributed by atoms with E-state index in [0.717, 1.165) is 0 Å². The van der Waals surface area contributed by atoms with Gasteiger partial charge in [-0.15, -0.1) is 5.10 Å². The number of amides is 1. The number of aromatic nitrogens is 2. The van der Waals surface area contributed by atoms with Crippen LogP contribution in [0.25, 0.3) is 0 Å². The smallest absolute Gasteiger partial charge is 0.239 e. The Balaban J connectivity index is 2.94. The van der Waals surface area contributed by atoms with Gasteiger partial charge in [0, 0.05) is 13.1 Å². The summed E-state index contributed by atoms with van der Waals surface area (Å²) in [6.45, 7) is 5.22. The number of likely N-dealkylation sites (N-methyl/N-ethyl adjacent to an activating group) is 2. The van der Waals surface area contributed by atoms with Gasteiger partial charge in [0.2, 0.25) is 5.91 Å². The maximum Gasteiger partial charge on any atom is 0.239 e. The van der Waals surface area contributed by atoms with E-state index in [1.54, 1.807) is 11.0 Å². The molecule has 0 aliphatic rings. The molecule has 0 saturated heterocycles. The largest absolute Gasteiger partial charge is 0.389 e. The van der Waals surface area contributed by atoms with E-state index in [4.69, 9.17) is 18.0 Å². The van der Waals surface area contributed by atoms with Crippen molar-refractivity contribution in [3.63, 3.8) is 0 Å². The summed E-state index contributed by atoms with van der Waals surface area (Å²) in [5.41, 5.74) is 6.26. The van der Waals surface area contributed by atoms with Gasteiger partial charge in [0.1, 0.15) is 4.99 Å². The summed E-state index contributed by atoms with van der Waals surface area (Å²) >= 11 is 4.96. The first-order valence-electron chi connectivity index (χ1n) is 5.73. The minimum Gasteiger partial charge on any atom is -0.389 e. The highest BCUT2D eigenvalue weighted by Crippen LogP contribution is 2.15. The van der Waals surface area contributed by atoms with Crippen LogP contribution in [0.2, 0.25) is 0 Å². The zero-order valence-electron chi connectivity index (χ0n) is 10.5. The van der Waals surface area contributed by atoms with E-state index in [1.807, 2.05) is 13.8 Å². The number of nitrogens with zero attached hydrogens (tertiary/aromatic N) is 3. The summed E-state index contributed by atoms with van der Waals surface area (Å²) in [7, 11) is 0. The first kappa shape index (κ1) is 14.3. The number of nitrogens with two attached hydrogens (primary N) is 1. The molecule has 0 spiro atoms. The van der Waals surface area contributed by atoms with Gasteiger partial charge in [0.15, 0.2) is 5.82 Å². The van der Waals surface area contributed by atoms with Crippen LogP contribution in [-0.4, -0.2) is 40.7 Å². The number of anilines is 1. The second-order valence-corrected chi connectivity index (χ2v) is 4.04. The van der Waals surface area contributed by atoms with E-state index in [0.29, 0.717) is 24.5 Å². The monoisotopic (exact) mass is 267 g/mol. The van der Waals surface area contributed by atoms with Crippen LogP contribution in [-0.2, 0) is 4.79 Å². The van der Waals surface area contributed by atoms with Crippen LogP contribution in [0, 0.1) is 0 Å². The van der Waals surface area contributed by atoms with Crippen molar-refractivity contribution >= 4 is 28.9 Å². The van der Waals surface area contributed by atoms with Gasteiger partial charge >= 0.3 is 0 Å². The number of rotatable bonds is 6. The molecular formula is C11H17N5OS. The summed E-state index contributed by atoms with van der Waals surface area (Å²) in [5, 5.41) is 10.6. The van der Waals surface area contributed by atoms with Crippen molar-refractivity contribution in [1.82, 2.24) is 15.5 Å². The normalized spacial score (nSPS) is 9.89. The molecule has 3 N–H and O–H groups in total. The van der Waals surface area contributed by atoms with Crippen LogP contribution in [0.15, 0.2) is 12.3 Å². The average molecular weight is 267 g/mol. The number of nitrogens with one attached hydrogen (secondary N) is 1. The van der Waals surface area contributed by atoms with Crippen molar-refractivity contribution < 1.29 is 4.79 Å². The second-order valence-electron chi connectivity index (χ2n) is 3.60. The Morgan fingerprint density at radius 3 is 2.83 bits per heavy atom. The Kier molecular flexibility index (Phi) is 5.44. The third-order valence-corrected chi connectivity index (χ3v) is 2.58. The highest BCUT2D eigenvalue weighted by molar-refractivity contribution is 7.80. The molecule has 0 aliphatic carbocycles. The lowest BCUT2D eigenvalue weighted by Gasteiger charge is -2.22. The average Bonchev–Trinajstić information content (AvgIpc) is 2.36. The van der Waals surface area contributed by atoms with Gasteiger partial charge in [-0.1, -0.05) is 12.2 Å². The van der Waals surface area contributed by atoms with Gasteiger partial charge in [-0.25, -0.2) is 0 Å². The van der Waals surface area contributed by atoms with Crippen LogP contribution in [0.4, 0.5) is 5.82 Å². The molecule has 0 aliphatic heterocycles. The summed E-state index contributed by atoms with van der Waals surface area (Å²) in [4.78, 5) is 13.6. The van der Waals surface area contributed by atoms with Crippen molar-refractivity contribution in [2.24, 2.45) is 5.73 Å².